The summed E-state index contributed by atoms with van der Waals surface area (Å²) in [6.45, 7) is 6.26. The minimum atomic E-state index is -0.908. The van der Waals surface area contributed by atoms with Crippen LogP contribution in [0, 0.1) is 5.92 Å². The number of hydrogen-bond acceptors (Lipinski definition) is 4. The maximum Gasteiger partial charge on any atom is 0.333 e. The fourth-order valence-corrected chi connectivity index (χ4v) is 1.21. The molecular weight excluding hydrogens is 222 g/mol. The minimum Gasteiger partial charge on any atom is -0.481 e. The molecule has 0 aliphatic carbocycles. The summed E-state index contributed by atoms with van der Waals surface area (Å²) in [5.41, 5.74) is 0.220. The van der Waals surface area contributed by atoms with Crippen LogP contribution in [0.4, 0.5) is 0 Å². The van der Waals surface area contributed by atoms with Crippen molar-refractivity contribution in [3.63, 3.8) is 0 Å². The van der Waals surface area contributed by atoms with Crippen LogP contribution in [-0.2, 0) is 14.3 Å². The molecule has 0 rings (SSSR count). The van der Waals surface area contributed by atoms with Gasteiger partial charge in [-0.1, -0.05) is 13.5 Å². The third kappa shape index (κ3) is 6.73. The summed E-state index contributed by atoms with van der Waals surface area (Å²) >= 11 is 0. The Morgan fingerprint density at radius 2 is 2.00 bits per heavy atom. The van der Waals surface area contributed by atoms with Gasteiger partial charge in [0.05, 0.1) is 5.92 Å². The van der Waals surface area contributed by atoms with Gasteiger partial charge in [0.1, 0.15) is 6.61 Å². The lowest BCUT2D eigenvalue weighted by atomic mass is 9.98. The number of carbonyl (C=O) groups is 2. The van der Waals surface area contributed by atoms with Crippen LogP contribution >= 0.6 is 0 Å². The molecule has 0 radical (unpaired) electrons. The van der Waals surface area contributed by atoms with Crippen molar-refractivity contribution < 1.29 is 19.4 Å². The highest BCUT2D eigenvalue weighted by molar-refractivity contribution is 5.88. The quantitative estimate of drug-likeness (QED) is 0.511. The Kier molecular flexibility index (Phi) is 7.21. The number of carboxylic acids is 1. The van der Waals surface area contributed by atoms with Crippen molar-refractivity contribution in [3.05, 3.63) is 12.2 Å². The van der Waals surface area contributed by atoms with Crippen LogP contribution in [0.1, 0.15) is 19.8 Å². The molecule has 0 saturated heterocycles. The summed E-state index contributed by atoms with van der Waals surface area (Å²) in [4.78, 5) is 24.1. The molecule has 5 nitrogen and oxygen atoms in total. The molecule has 0 aliphatic heterocycles. The predicted octanol–water partition coefficient (Wildman–Crippen LogP) is 1.15. The molecule has 0 heterocycles. The van der Waals surface area contributed by atoms with E-state index in [1.54, 1.807) is 6.92 Å². The van der Waals surface area contributed by atoms with E-state index in [9.17, 15) is 9.59 Å². The van der Waals surface area contributed by atoms with Crippen molar-refractivity contribution in [3.8, 4) is 0 Å². The van der Waals surface area contributed by atoms with Gasteiger partial charge >= 0.3 is 11.9 Å². The third-order valence-electron chi connectivity index (χ3n) is 2.40. The number of carbonyl (C=O) groups excluding carboxylic acids is 1. The molecular formula is C12H21NO4. The van der Waals surface area contributed by atoms with Crippen LogP contribution in [0.25, 0.3) is 0 Å². The van der Waals surface area contributed by atoms with Gasteiger partial charge in [0.25, 0.3) is 0 Å². The lowest BCUT2D eigenvalue weighted by molar-refractivity contribution is -0.142. The number of nitrogens with zero attached hydrogens (tertiary/aromatic N) is 1. The number of hydrogen-bond donors (Lipinski definition) is 1. The number of aliphatic carboxylic acids is 1. The average molecular weight is 243 g/mol. The van der Waals surface area contributed by atoms with Gasteiger partial charge in [-0.3, -0.25) is 4.79 Å². The molecule has 17 heavy (non-hydrogen) atoms. The van der Waals surface area contributed by atoms with E-state index in [-0.39, 0.29) is 18.6 Å². The first-order chi connectivity index (χ1) is 7.88. The zero-order chi connectivity index (χ0) is 13.4. The van der Waals surface area contributed by atoms with Gasteiger partial charge in [0.15, 0.2) is 0 Å². The first-order valence-electron chi connectivity index (χ1n) is 5.60. The van der Waals surface area contributed by atoms with Gasteiger partial charge in [0.2, 0.25) is 0 Å². The van der Waals surface area contributed by atoms with E-state index in [4.69, 9.17) is 9.84 Å². The summed E-state index contributed by atoms with van der Waals surface area (Å²) in [5.74, 6) is -1.98. The van der Waals surface area contributed by atoms with E-state index in [0.717, 1.165) is 0 Å². The van der Waals surface area contributed by atoms with Crippen molar-refractivity contribution in [2.45, 2.75) is 19.8 Å². The molecule has 5 heteroatoms. The van der Waals surface area contributed by atoms with Crippen molar-refractivity contribution in [1.29, 1.82) is 0 Å². The average Bonchev–Trinajstić information content (AvgIpc) is 2.24. The first kappa shape index (κ1) is 15.6. The molecule has 0 bridgehead atoms. The molecule has 0 aliphatic rings. The van der Waals surface area contributed by atoms with Gasteiger partial charge in [-0.05, 0) is 26.9 Å². The first-order valence-corrected chi connectivity index (χ1v) is 5.60. The molecule has 0 aromatic rings. The summed E-state index contributed by atoms with van der Waals surface area (Å²) in [6, 6.07) is 0. The smallest absolute Gasteiger partial charge is 0.333 e. The van der Waals surface area contributed by atoms with Crippen molar-refractivity contribution >= 4 is 11.9 Å². The summed E-state index contributed by atoms with van der Waals surface area (Å²) in [7, 11) is 3.75. The van der Waals surface area contributed by atoms with Crippen molar-refractivity contribution in [2.75, 3.05) is 27.2 Å². The normalized spacial score (nSPS) is 12.2. The van der Waals surface area contributed by atoms with Crippen LogP contribution in [0.15, 0.2) is 12.2 Å². The molecule has 0 spiro atoms. The summed E-state index contributed by atoms with van der Waals surface area (Å²) in [6.07, 6.45) is 0.617. The van der Waals surface area contributed by atoms with Crippen LogP contribution in [0.5, 0.6) is 0 Å². The monoisotopic (exact) mass is 243 g/mol. The second kappa shape index (κ2) is 7.84. The van der Waals surface area contributed by atoms with Gasteiger partial charge in [-0.25, -0.2) is 4.79 Å². The molecule has 1 atom stereocenters. The summed E-state index contributed by atoms with van der Waals surface area (Å²) < 4.78 is 4.97. The van der Waals surface area contributed by atoms with Crippen molar-refractivity contribution in [2.24, 2.45) is 5.92 Å². The van der Waals surface area contributed by atoms with Crippen LogP contribution < -0.4 is 0 Å². The van der Waals surface area contributed by atoms with E-state index < -0.39 is 17.9 Å². The lowest BCUT2D eigenvalue weighted by Gasteiger charge is -2.13. The number of esters is 1. The van der Waals surface area contributed by atoms with Crippen LogP contribution in [0.3, 0.4) is 0 Å². The molecule has 0 aromatic heterocycles. The van der Waals surface area contributed by atoms with Gasteiger partial charge < -0.3 is 14.7 Å². The van der Waals surface area contributed by atoms with Crippen molar-refractivity contribution in [1.82, 2.24) is 4.90 Å². The highest BCUT2D eigenvalue weighted by Gasteiger charge is 2.20. The Labute approximate surface area is 102 Å². The van der Waals surface area contributed by atoms with E-state index >= 15 is 0 Å². The second-order valence-corrected chi connectivity index (χ2v) is 4.19. The zero-order valence-electron chi connectivity index (χ0n) is 10.7. The lowest BCUT2D eigenvalue weighted by Crippen LogP contribution is -2.22. The Morgan fingerprint density at radius 1 is 1.41 bits per heavy atom. The van der Waals surface area contributed by atoms with Gasteiger partial charge in [0, 0.05) is 12.1 Å². The predicted molar refractivity (Wildman–Crippen MR) is 64.7 cm³/mol. The fraction of sp³-hybridized carbons (Fsp3) is 0.667. The highest BCUT2D eigenvalue weighted by Crippen LogP contribution is 2.15. The SMILES string of the molecule is C=C(CC(CC)C(=O)O)C(=O)OCCN(C)C. The minimum absolute atomic E-state index is 0.145. The maximum atomic E-state index is 11.5. The molecule has 0 aromatic carbocycles. The molecule has 0 saturated carbocycles. The van der Waals surface area contributed by atoms with E-state index in [0.29, 0.717) is 13.0 Å². The zero-order valence-corrected chi connectivity index (χ0v) is 10.7. The van der Waals surface area contributed by atoms with Crippen LogP contribution in [0.2, 0.25) is 0 Å². The topological polar surface area (TPSA) is 66.8 Å². The Bertz CT molecular complexity index is 286. The fourth-order valence-electron chi connectivity index (χ4n) is 1.21. The molecule has 1 N–H and O–H groups in total. The molecule has 0 fully saturated rings. The number of ether oxygens (including phenoxy) is 1. The summed E-state index contributed by atoms with van der Waals surface area (Å²) in [5, 5.41) is 8.85. The number of likely N-dealkylation sites (N-methyl/N-ethyl adjacent to an activating group) is 1. The van der Waals surface area contributed by atoms with Gasteiger partial charge in [-0.15, -0.1) is 0 Å². The Morgan fingerprint density at radius 3 is 2.41 bits per heavy atom. The molecule has 1 unspecified atom stereocenters. The van der Waals surface area contributed by atoms with Crippen LogP contribution in [-0.4, -0.2) is 49.2 Å². The van der Waals surface area contributed by atoms with Gasteiger partial charge in [-0.2, -0.15) is 0 Å². The maximum absolute atomic E-state index is 11.5. The second-order valence-electron chi connectivity index (χ2n) is 4.19. The molecule has 98 valence electrons. The Hall–Kier alpha value is -1.36. The number of carboxylic acid groups (broad SMARTS) is 1. The third-order valence-corrected chi connectivity index (χ3v) is 2.40. The molecule has 0 amide bonds. The standard InChI is InChI=1S/C12H21NO4/c1-5-10(11(14)15)8-9(2)12(16)17-7-6-13(3)4/h10H,2,5-8H2,1,3-4H3,(H,14,15). The van der Waals surface area contributed by atoms with E-state index in [2.05, 4.69) is 6.58 Å². The van der Waals surface area contributed by atoms with E-state index in [1.807, 2.05) is 19.0 Å². The highest BCUT2D eigenvalue weighted by atomic mass is 16.5. The van der Waals surface area contributed by atoms with E-state index in [1.165, 1.54) is 0 Å². The number of rotatable bonds is 8. The largest absolute Gasteiger partial charge is 0.481 e. The Balaban J connectivity index is 4.05.